The number of nitrogens with one attached hydrogen (secondary N) is 3. The number of benzene rings is 2. The van der Waals surface area contributed by atoms with Crippen LogP contribution in [-0.2, 0) is 11.0 Å². The summed E-state index contributed by atoms with van der Waals surface area (Å²) in [6, 6.07) is 8.46. The average Bonchev–Trinajstić information content (AvgIpc) is 2.72. The summed E-state index contributed by atoms with van der Waals surface area (Å²) in [6.45, 7) is 3.43. The van der Waals surface area contributed by atoms with Crippen molar-refractivity contribution >= 4 is 23.1 Å². The van der Waals surface area contributed by atoms with Gasteiger partial charge in [0.1, 0.15) is 18.4 Å². The van der Waals surface area contributed by atoms with Gasteiger partial charge in [-0.3, -0.25) is 4.79 Å². The van der Waals surface area contributed by atoms with E-state index >= 15 is 0 Å². The molecule has 0 spiro atoms. The second kappa shape index (κ2) is 7.16. The number of ether oxygens (including phenoxy) is 1. The van der Waals surface area contributed by atoms with Crippen LogP contribution in [0.1, 0.15) is 12.5 Å². The molecule has 162 valence electrons. The molecule has 10 heteroatoms. The van der Waals surface area contributed by atoms with Crippen LogP contribution >= 0.6 is 0 Å². The molecule has 5 rings (SSSR count). The highest BCUT2D eigenvalue weighted by atomic mass is 19.4. The molecule has 1 fully saturated rings. The number of nitrogens with zero attached hydrogens (tertiary/aromatic N) is 2. The summed E-state index contributed by atoms with van der Waals surface area (Å²) < 4.78 is 45.7. The highest BCUT2D eigenvalue weighted by Crippen LogP contribution is 2.43. The van der Waals surface area contributed by atoms with Gasteiger partial charge in [0, 0.05) is 24.3 Å². The summed E-state index contributed by atoms with van der Waals surface area (Å²) in [4.78, 5) is 14.0. The van der Waals surface area contributed by atoms with Gasteiger partial charge in [-0.25, -0.2) is 5.43 Å². The van der Waals surface area contributed by atoms with Crippen molar-refractivity contribution in [1.29, 1.82) is 0 Å². The highest BCUT2D eigenvalue weighted by molar-refractivity contribution is 6.10. The SMILES string of the molecule is CC1C(=O)NN=C2COc3cc(-c4cccc(C(F)(F)F)c4)c(NC4CNC4)cc3N21. The Hall–Kier alpha value is -3.27. The van der Waals surface area contributed by atoms with E-state index in [0.29, 0.717) is 34.1 Å². The molecule has 1 amide bonds. The third-order valence-corrected chi connectivity index (χ3v) is 5.70. The number of hydrazone groups is 1. The van der Waals surface area contributed by atoms with E-state index < -0.39 is 17.8 Å². The number of hydrogen-bond donors (Lipinski definition) is 3. The topological polar surface area (TPSA) is 78.0 Å². The van der Waals surface area contributed by atoms with Crippen LogP contribution in [-0.4, -0.2) is 43.5 Å². The van der Waals surface area contributed by atoms with E-state index in [-0.39, 0.29) is 18.6 Å². The predicted octanol–water partition coefficient (Wildman–Crippen LogP) is 2.79. The lowest BCUT2D eigenvalue weighted by molar-refractivity contribution is -0.137. The molecule has 0 bridgehead atoms. The number of halogens is 3. The van der Waals surface area contributed by atoms with E-state index in [9.17, 15) is 18.0 Å². The minimum Gasteiger partial charge on any atom is -0.483 e. The van der Waals surface area contributed by atoms with Crippen LogP contribution in [0.4, 0.5) is 24.5 Å². The van der Waals surface area contributed by atoms with Gasteiger partial charge in [0.05, 0.1) is 17.3 Å². The van der Waals surface area contributed by atoms with Gasteiger partial charge in [0.25, 0.3) is 5.91 Å². The van der Waals surface area contributed by atoms with Crippen LogP contribution in [0.2, 0.25) is 0 Å². The Balaban J connectivity index is 1.63. The Morgan fingerprint density at radius 2 is 2.03 bits per heavy atom. The average molecular weight is 431 g/mol. The first-order valence-electron chi connectivity index (χ1n) is 9.92. The van der Waals surface area contributed by atoms with E-state index in [1.807, 2.05) is 6.07 Å². The number of alkyl halides is 3. The Morgan fingerprint density at radius 1 is 1.23 bits per heavy atom. The zero-order valence-electron chi connectivity index (χ0n) is 16.6. The number of hydrogen-bond acceptors (Lipinski definition) is 6. The molecule has 3 aliphatic rings. The third kappa shape index (κ3) is 3.46. The Bertz CT molecular complexity index is 1080. The first kappa shape index (κ1) is 19.7. The fourth-order valence-corrected chi connectivity index (χ4v) is 3.90. The number of anilines is 2. The Kier molecular flexibility index (Phi) is 4.54. The summed E-state index contributed by atoms with van der Waals surface area (Å²) in [5.41, 5.74) is 4.13. The molecule has 0 radical (unpaired) electrons. The van der Waals surface area contributed by atoms with Crippen LogP contribution in [0, 0.1) is 0 Å². The van der Waals surface area contributed by atoms with E-state index in [1.54, 1.807) is 24.0 Å². The van der Waals surface area contributed by atoms with E-state index in [2.05, 4.69) is 21.2 Å². The van der Waals surface area contributed by atoms with Gasteiger partial charge in [-0.05, 0) is 36.8 Å². The standard InChI is InChI=1S/C21H20F3N5O2/c1-11-20(30)28-27-19-10-31-18-6-15(12-3-2-4-13(5-12)21(22,23)24)16(7-17(18)29(11)19)26-14-8-25-9-14/h2-7,11,14,25-26H,8-10H2,1H3,(H,28,30). The zero-order valence-corrected chi connectivity index (χ0v) is 16.6. The molecule has 1 unspecified atom stereocenters. The van der Waals surface area contributed by atoms with Crippen molar-refractivity contribution in [2.45, 2.75) is 25.2 Å². The summed E-state index contributed by atoms with van der Waals surface area (Å²) in [5.74, 6) is 0.823. The molecule has 2 aromatic rings. The molecule has 1 atom stereocenters. The predicted molar refractivity (Wildman–Crippen MR) is 110 cm³/mol. The normalized spacial score (nSPS) is 20.6. The van der Waals surface area contributed by atoms with Crippen molar-refractivity contribution in [2.24, 2.45) is 5.10 Å². The first-order valence-corrected chi connectivity index (χ1v) is 9.92. The second-order valence-electron chi connectivity index (χ2n) is 7.78. The zero-order chi connectivity index (χ0) is 21.8. The third-order valence-electron chi connectivity index (χ3n) is 5.70. The fourth-order valence-electron chi connectivity index (χ4n) is 3.90. The second-order valence-corrected chi connectivity index (χ2v) is 7.78. The van der Waals surface area contributed by atoms with Gasteiger partial charge < -0.3 is 20.3 Å². The van der Waals surface area contributed by atoms with Gasteiger partial charge in [0.15, 0.2) is 5.84 Å². The summed E-state index contributed by atoms with van der Waals surface area (Å²) >= 11 is 0. The van der Waals surface area contributed by atoms with E-state index in [4.69, 9.17) is 4.74 Å². The molecule has 1 saturated heterocycles. The van der Waals surface area contributed by atoms with Gasteiger partial charge in [-0.2, -0.15) is 18.3 Å². The van der Waals surface area contributed by atoms with Gasteiger partial charge in [0.2, 0.25) is 0 Å². The molecular weight excluding hydrogens is 411 g/mol. The first-order chi connectivity index (χ1) is 14.8. The maximum absolute atomic E-state index is 13.3. The minimum absolute atomic E-state index is 0.152. The molecule has 3 heterocycles. The molecule has 7 nitrogen and oxygen atoms in total. The lowest BCUT2D eigenvalue weighted by atomic mass is 9.98. The van der Waals surface area contributed by atoms with Crippen LogP contribution in [0.3, 0.4) is 0 Å². The molecule has 0 aliphatic carbocycles. The van der Waals surface area contributed by atoms with Crippen molar-refractivity contribution in [3.05, 3.63) is 42.0 Å². The highest BCUT2D eigenvalue weighted by Gasteiger charge is 2.36. The van der Waals surface area contributed by atoms with Crippen LogP contribution in [0.25, 0.3) is 11.1 Å². The van der Waals surface area contributed by atoms with E-state index in [1.165, 1.54) is 6.07 Å². The number of amides is 1. The lowest BCUT2D eigenvalue weighted by Crippen LogP contribution is -2.55. The number of rotatable bonds is 3. The van der Waals surface area contributed by atoms with Crippen molar-refractivity contribution < 1.29 is 22.7 Å². The number of amidine groups is 1. The molecule has 0 aromatic heterocycles. The molecule has 3 N–H and O–H groups in total. The smallest absolute Gasteiger partial charge is 0.416 e. The summed E-state index contributed by atoms with van der Waals surface area (Å²) in [6.07, 6.45) is -4.44. The number of carbonyl (C=O) groups is 1. The number of carbonyl (C=O) groups excluding carboxylic acids is 1. The molecule has 2 aromatic carbocycles. The number of fused-ring (bicyclic) bond motifs is 3. The Morgan fingerprint density at radius 3 is 2.74 bits per heavy atom. The monoisotopic (exact) mass is 431 g/mol. The molecular formula is C21H20F3N5O2. The van der Waals surface area contributed by atoms with Crippen LogP contribution < -0.4 is 25.7 Å². The molecule has 3 aliphatic heterocycles. The molecule has 0 saturated carbocycles. The quantitative estimate of drug-likeness (QED) is 0.697. The van der Waals surface area contributed by atoms with E-state index in [0.717, 1.165) is 25.2 Å². The minimum atomic E-state index is -4.44. The van der Waals surface area contributed by atoms with Gasteiger partial charge >= 0.3 is 6.18 Å². The van der Waals surface area contributed by atoms with Crippen molar-refractivity contribution in [2.75, 3.05) is 29.9 Å². The largest absolute Gasteiger partial charge is 0.483 e. The molecule has 31 heavy (non-hydrogen) atoms. The Labute approximate surface area is 176 Å². The fraction of sp³-hybridized carbons (Fsp3) is 0.333. The summed E-state index contributed by atoms with van der Waals surface area (Å²) in [5, 5.41) is 10.7. The maximum Gasteiger partial charge on any atom is 0.416 e. The van der Waals surface area contributed by atoms with Crippen molar-refractivity contribution in [1.82, 2.24) is 10.7 Å². The van der Waals surface area contributed by atoms with Crippen molar-refractivity contribution in [3.63, 3.8) is 0 Å². The van der Waals surface area contributed by atoms with Crippen LogP contribution in [0.15, 0.2) is 41.5 Å². The lowest BCUT2D eigenvalue weighted by Gasteiger charge is -2.39. The maximum atomic E-state index is 13.3. The van der Waals surface area contributed by atoms with Crippen LogP contribution in [0.5, 0.6) is 5.75 Å². The summed E-state index contributed by atoms with van der Waals surface area (Å²) in [7, 11) is 0. The van der Waals surface area contributed by atoms with Gasteiger partial charge in [-0.15, -0.1) is 0 Å². The van der Waals surface area contributed by atoms with Gasteiger partial charge in [-0.1, -0.05) is 12.1 Å². The van der Waals surface area contributed by atoms with Crippen molar-refractivity contribution in [3.8, 4) is 16.9 Å².